The van der Waals surface area contributed by atoms with Crippen LogP contribution in [0.2, 0.25) is 0 Å². The first-order valence-electron chi connectivity index (χ1n) is 9.20. The van der Waals surface area contributed by atoms with Crippen LogP contribution in [0.4, 0.5) is 22.0 Å². The molecule has 0 aliphatic heterocycles. The van der Waals surface area contributed by atoms with Gasteiger partial charge >= 0.3 is 18.3 Å². The highest BCUT2D eigenvalue weighted by Gasteiger charge is 2.61. The number of nitrogens with zero attached hydrogens (tertiary/aromatic N) is 3. The molecule has 0 bridgehead atoms. The van der Waals surface area contributed by atoms with Crippen molar-refractivity contribution in [3.8, 4) is 22.8 Å². The van der Waals surface area contributed by atoms with Gasteiger partial charge in [0, 0.05) is 11.6 Å². The molecule has 3 aromatic rings. The number of halogens is 5. The second kappa shape index (κ2) is 9.16. The zero-order valence-corrected chi connectivity index (χ0v) is 16.5. The number of hydrogen-bond acceptors (Lipinski definition) is 5. The lowest BCUT2D eigenvalue weighted by molar-refractivity contribution is -0.360. The molecule has 3 rings (SSSR count). The molecule has 0 spiro atoms. The number of alkyl halides is 5. The van der Waals surface area contributed by atoms with E-state index in [1.54, 1.807) is 37.3 Å². The Hall–Kier alpha value is -3.76. The van der Waals surface area contributed by atoms with Crippen LogP contribution in [0.1, 0.15) is 12.5 Å². The third kappa shape index (κ3) is 5.48. The van der Waals surface area contributed by atoms with Gasteiger partial charge in [-0.3, -0.25) is 0 Å². The number of aromatic nitrogens is 3. The fourth-order valence-corrected chi connectivity index (χ4v) is 2.49. The van der Waals surface area contributed by atoms with E-state index in [9.17, 15) is 26.7 Å². The lowest BCUT2D eigenvalue weighted by Gasteiger charge is -2.20. The highest BCUT2D eigenvalue weighted by Crippen LogP contribution is 2.37. The van der Waals surface area contributed by atoms with E-state index in [1.807, 2.05) is 0 Å². The van der Waals surface area contributed by atoms with Gasteiger partial charge in [-0.15, -0.1) is 5.10 Å². The minimum absolute atomic E-state index is 0.284. The van der Waals surface area contributed by atoms with Crippen molar-refractivity contribution >= 4 is 12.0 Å². The number of carbonyl (C=O) groups excluding carboxylic acids is 1. The smallest absolute Gasteiger partial charge is 0.463 e. The van der Waals surface area contributed by atoms with Crippen molar-refractivity contribution in [3.63, 3.8) is 0 Å². The molecule has 0 saturated heterocycles. The van der Waals surface area contributed by atoms with E-state index in [4.69, 9.17) is 4.74 Å². The van der Waals surface area contributed by atoms with E-state index in [-0.39, 0.29) is 6.61 Å². The Morgan fingerprint density at radius 2 is 1.69 bits per heavy atom. The van der Waals surface area contributed by atoms with Crippen LogP contribution < -0.4 is 4.74 Å². The number of ether oxygens (including phenoxy) is 2. The second-order valence-corrected chi connectivity index (χ2v) is 6.33. The molecule has 0 amide bonds. The van der Waals surface area contributed by atoms with Gasteiger partial charge in [0.05, 0.1) is 12.3 Å². The summed E-state index contributed by atoms with van der Waals surface area (Å²) in [5, 5.41) is 4.27. The predicted molar refractivity (Wildman–Crippen MR) is 104 cm³/mol. The van der Waals surface area contributed by atoms with Gasteiger partial charge in [0.1, 0.15) is 12.1 Å². The molecule has 0 aliphatic rings. The SMILES string of the molecule is CCOC(=O)C=Cc1ccc(-c2ncn(-c3ccc(OC(F)(F)C(F)(F)F)cc3)n2)cc1. The van der Waals surface area contributed by atoms with E-state index < -0.39 is 24.0 Å². The van der Waals surface area contributed by atoms with Crippen LogP contribution in [0, 0.1) is 0 Å². The highest BCUT2D eigenvalue weighted by atomic mass is 19.4. The molecule has 1 aromatic heterocycles. The van der Waals surface area contributed by atoms with Crippen LogP contribution >= 0.6 is 0 Å². The Kier molecular flexibility index (Phi) is 6.56. The van der Waals surface area contributed by atoms with E-state index in [0.29, 0.717) is 17.1 Å². The highest BCUT2D eigenvalue weighted by molar-refractivity contribution is 5.87. The van der Waals surface area contributed by atoms with E-state index >= 15 is 0 Å². The van der Waals surface area contributed by atoms with Crippen molar-refractivity contribution in [2.24, 2.45) is 0 Å². The summed E-state index contributed by atoms with van der Waals surface area (Å²) in [6.07, 6.45) is -6.85. The Morgan fingerprint density at radius 3 is 2.28 bits per heavy atom. The summed E-state index contributed by atoms with van der Waals surface area (Å²) in [6, 6.07) is 11.5. The van der Waals surface area contributed by atoms with Crippen molar-refractivity contribution in [3.05, 3.63) is 66.5 Å². The molecule has 168 valence electrons. The zero-order valence-electron chi connectivity index (χ0n) is 16.5. The van der Waals surface area contributed by atoms with Crippen LogP contribution in [0.3, 0.4) is 0 Å². The van der Waals surface area contributed by atoms with Crippen molar-refractivity contribution < 1.29 is 36.2 Å². The van der Waals surface area contributed by atoms with Crippen molar-refractivity contribution in [1.82, 2.24) is 14.8 Å². The molecular weight excluding hydrogens is 437 g/mol. The molecular formula is C21H16F5N3O3. The van der Waals surface area contributed by atoms with Gasteiger partial charge in [-0.25, -0.2) is 14.5 Å². The van der Waals surface area contributed by atoms with Crippen LogP contribution in [0.15, 0.2) is 60.9 Å². The third-order valence-corrected chi connectivity index (χ3v) is 4.04. The van der Waals surface area contributed by atoms with Crippen LogP contribution in [0.25, 0.3) is 23.2 Å². The van der Waals surface area contributed by atoms with Gasteiger partial charge in [0.2, 0.25) is 0 Å². The number of rotatable bonds is 7. The average molecular weight is 453 g/mol. The van der Waals surface area contributed by atoms with Gasteiger partial charge < -0.3 is 9.47 Å². The number of esters is 1. The topological polar surface area (TPSA) is 66.2 Å². The summed E-state index contributed by atoms with van der Waals surface area (Å²) in [5.41, 5.74) is 1.80. The fraction of sp³-hybridized carbons (Fsp3) is 0.190. The van der Waals surface area contributed by atoms with Crippen molar-refractivity contribution in [1.29, 1.82) is 0 Å². The lowest BCUT2D eigenvalue weighted by atomic mass is 10.1. The summed E-state index contributed by atoms with van der Waals surface area (Å²) in [5.74, 6) is -0.742. The standard InChI is InChI=1S/C21H16F5N3O3/c1-2-31-18(30)12-5-14-3-6-15(7-4-14)19-27-13-29(28-19)16-8-10-17(11-9-16)32-21(25,26)20(22,23)24/h3-13H,2H2,1H3. The van der Waals surface area contributed by atoms with Crippen LogP contribution in [-0.2, 0) is 9.53 Å². The third-order valence-electron chi connectivity index (χ3n) is 4.04. The second-order valence-electron chi connectivity index (χ2n) is 6.33. The lowest BCUT2D eigenvalue weighted by Crippen LogP contribution is -2.41. The minimum atomic E-state index is -5.82. The van der Waals surface area contributed by atoms with Gasteiger partial charge in [-0.2, -0.15) is 22.0 Å². The van der Waals surface area contributed by atoms with Gasteiger partial charge in [0.15, 0.2) is 5.82 Å². The predicted octanol–water partition coefficient (Wildman–Crippen LogP) is 5.04. The maximum atomic E-state index is 13.0. The number of hydrogen-bond donors (Lipinski definition) is 0. The molecule has 32 heavy (non-hydrogen) atoms. The summed E-state index contributed by atoms with van der Waals surface area (Å²) >= 11 is 0. The van der Waals surface area contributed by atoms with Crippen LogP contribution in [0.5, 0.6) is 5.75 Å². The first-order valence-corrected chi connectivity index (χ1v) is 9.20. The number of benzene rings is 2. The van der Waals surface area contributed by atoms with Gasteiger partial charge in [-0.1, -0.05) is 24.3 Å². The Bertz CT molecular complexity index is 1090. The van der Waals surface area contributed by atoms with E-state index in [1.165, 1.54) is 29.2 Å². The number of carbonyl (C=O) groups is 1. The Balaban J connectivity index is 1.70. The fourth-order valence-electron chi connectivity index (χ4n) is 2.49. The molecule has 11 heteroatoms. The van der Waals surface area contributed by atoms with Crippen LogP contribution in [-0.4, -0.2) is 39.6 Å². The molecule has 0 N–H and O–H groups in total. The molecule has 6 nitrogen and oxygen atoms in total. The largest absolute Gasteiger partial charge is 0.499 e. The van der Waals surface area contributed by atoms with E-state index in [2.05, 4.69) is 14.8 Å². The van der Waals surface area contributed by atoms with Gasteiger partial charge in [-0.05, 0) is 42.8 Å². The van der Waals surface area contributed by atoms with Gasteiger partial charge in [0.25, 0.3) is 0 Å². The summed E-state index contributed by atoms with van der Waals surface area (Å²) in [4.78, 5) is 15.5. The first kappa shape index (κ1) is 22.9. The quantitative estimate of drug-likeness (QED) is 0.285. The van der Waals surface area contributed by atoms with E-state index in [0.717, 1.165) is 17.7 Å². The molecule has 0 atom stereocenters. The zero-order chi connectivity index (χ0) is 23.4. The minimum Gasteiger partial charge on any atom is -0.463 e. The Morgan fingerprint density at radius 1 is 1.03 bits per heavy atom. The normalized spacial score (nSPS) is 12.2. The summed E-state index contributed by atoms with van der Waals surface area (Å²) in [6.45, 7) is 1.99. The monoisotopic (exact) mass is 453 g/mol. The average Bonchev–Trinajstić information content (AvgIpc) is 3.22. The molecule has 0 fully saturated rings. The molecule has 0 aliphatic carbocycles. The molecule has 0 unspecified atom stereocenters. The maximum Gasteiger partial charge on any atom is 0.499 e. The summed E-state index contributed by atoms with van der Waals surface area (Å²) in [7, 11) is 0. The maximum absolute atomic E-state index is 13.0. The molecule has 0 saturated carbocycles. The van der Waals surface area contributed by atoms with Crippen molar-refractivity contribution in [2.75, 3.05) is 6.61 Å². The molecule has 0 radical (unpaired) electrons. The Labute approximate surface area is 178 Å². The first-order chi connectivity index (χ1) is 15.1. The molecule has 1 heterocycles. The summed E-state index contributed by atoms with van der Waals surface area (Å²) < 4.78 is 72.6. The van der Waals surface area contributed by atoms with Crippen molar-refractivity contribution in [2.45, 2.75) is 19.2 Å². The molecule has 2 aromatic carbocycles.